The maximum atomic E-state index is 13.2. The number of methoxy groups -OCH3 is 1. The molecule has 214 valence electrons. The second kappa shape index (κ2) is 13.3. The standard InChI is InChI=1S/C28H33N3O7S2/c1-3-4-12-38-28(34)20-7-5-6-18(15-20)19-8-11-23-22(16-19)31-27(39-23)25(40(35,36)14-13-37-2)26(33)29-17-24(32)30-21-9-10-21/h5-8,11,15-16,21,25H,3-4,9-10,12-14,17H2,1-2H3,(H,29,33)(H,30,32). The SMILES string of the molecule is CCCCOC(=O)c1cccc(-c2ccc3sc(C(C(=O)NCC(=O)NC4CC4)S(=O)(=O)CCOC)nc3c2)c1. The Kier molecular flexibility index (Phi) is 9.88. The number of sulfone groups is 1. The molecule has 1 unspecified atom stereocenters. The van der Waals surface area contributed by atoms with Gasteiger partial charge in [-0.2, -0.15) is 0 Å². The minimum Gasteiger partial charge on any atom is -0.462 e. The van der Waals surface area contributed by atoms with Crippen molar-refractivity contribution in [2.75, 3.05) is 32.6 Å². The first-order valence-electron chi connectivity index (χ1n) is 13.2. The number of rotatable bonds is 14. The summed E-state index contributed by atoms with van der Waals surface area (Å²) in [6, 6.07) is 12.6. The van der Waals surface area contributed by atoms with Gasteiger partial charge in [0.2, 0.25) is 11.8 Å². The Morgan fingerprint density at radius 2 is 1.88 bits per heavy atom. The molecule has 3 aromatic rings. The maximum absolute atomic E-state index is 13.2. The Hall–Kier alpha value is -3.35. The van der Waals surface area contributed by atoms with Gasteiger partial charge in [0.1, 0.15) is 5.01 Å². The number of nitrogens with one attached hydrogen (secondary N) is 2. The number of carbonyl (C=O) groups excluding carboxylic acids is 3. The summed E-state index contributed by atoms with van der Waals surface area (Å²) >= 11 is 1.11. The smallest absolute Gasteiger partial charge is 0.338 e. The van der Waals surface area contributed by atoms with E-state index in [0.29, 0.717) is 22.4 Å². The summed E-state index contributed by atoms with van der Waals surface area (Å²) in [4.78, 5) is 42.2. The normalized spacial score (nSPS) is 14.1. The van der Waals surface area contributed by atoms with E-state index in [0.717, 1.165) is 48.1 Å². The summed E-state index contributed by atoms with van der Waals surface area (Å²) in [5.74, 6) is -1.95. The lowest BCUT2D eigenvalue weighted by Crippen LogP contribution is -2.41. The number of fused-ring (bicyclic) bond motifs is 1. The fraction of sp³-hybridized carbons (Fsp3) is 0.429. The van der Waals surface area contributed by atoms with Gasteiger partial charge in [-0.3, -0.25) is 9.59 Å². The Morgan fingerprint density at radius 1 is 1.10 bits per heavy atom. The molecule has 1 atom stereocenters. The van der Waals surface area contributed by atoms with E-state index in [9.17, 15) is 22.8 Å². The molecule has 0 saturated heterocycles. The van der Waals surface area contributed by atoms with Crippen LogP contribution in [0, 0.1) is 0 Å². The first kappa shape index (κ1) is 29.6. The van der Waals surface area contributed by atoms with Gasteiger partial charge >= 0.3 is 5.97 Å². The summed E-state index contributed by atoms with van der Waals surface area (Å²) in [5, 5.41) is 3.75. The molecule has 0 aliphatic heterocycles. The summed E-state index contributed by atoms with van der Waals surface area (Å²) in [6.07, 6.45) is 3.51. The zero-order valence-corrected chi connectivity index (χ0v) is 24.1. The molecule has 1 saturated carbocycles. The van der Waals surface area contributed by atoms with Crippen LogP contribution in [0.3, 0.4) is 0 Å². The minimum atomic E-state index is -4.00. The molecule has 12 heteroatoms. The average Bonchev–Trinajstić information content (AvgIpc) is 3.66. The van der Waals surface area contributed by atoms with Crippen molar-refractivity contribution in [1.82, 2.24) is 15.6 Å². The lowest BCUT2D eigenvalue weighted by molar-refractivity contribution is -0.126. The fourth-order valence-corrected chi connectivity index (χ4v) is 6.88. The van der Waals surface area contributed by atoms with Crippen molar-refractivity contribution in [3.05, 3.63) is 53.0 Å². The van der Waals surface area contributed by atoms with Crippen LogP contribution in [0.4, 0.5) is 0 Å². The van der Waals surface area contributed by atoms with Crippen LogP contribution < -0.4 is 10.6 Å². The van der Waals surface area contributed by atoms with Crippen molar-refractivity contribution in [1.29, 1.82) is 0 Å². The molecule has 2 amide bonds. The van der Waals surface area contributed by atoms with E-state index in [1.54, 1.807) is 30.3 Å². The molecule has 1 fully saturated rings. The number of hydrogen-bond donors (Lipinski definition) is 2. The Morgan fingerprint density at radius 3 is 2.60 bits per heavy atom. The van der Waals surface area contributed by atoms with Crippen LogP contribution in [-0.4, -0.2) is 69.8 Å². The lowest BCUT2D eigenvalue weighted by atomic mass is 10.0. The zero-order chi connectivity index (χ0) is 28.7. The van der Waals surface area contributed by atoms with Crippen molar-refractivity contribution in [2.45, 2.75) is 43.9 Å². The number of hydrogen-bond acceptors (Lipinski definition) is 9. The zero-order valence-electron chi connectivity index (χ0n) is 22.5. The highest BCUT2D eigenvalue weighted by Crippen LogP contribution is 2.34. The lowest BCUT2D eigenvalue weighted by Gasteiger charge is -2.15. The van der Waals surface area contributed by atoms with Crippen LogP contribution >= 0.6 is 11.3 Å². The van der Waals surface area contributed by atoms with E-state index in [-0.39, 0.29) is 35.9 Å². The number of ether oxygens (including phenoxy) is 2. The number of esters is 1. The van der Waals surface area contributed by atoms with Gasteiger partial charge in [0.05, 0.1) is 41.3 Å². The molecular weight excluding hydrogens is 554 g/mol. The predicted molar refractivity (Wildman–Crippen MR) is 153 cm³/mol. The molecule has 4 rings (SSSR count). The van der Waals surface area contributed by atoms with Gasteiger partial charge in [-0.1, -0.05) is 31.5 Å². The quantitative estimate of drug-likeness (QED) is 0.216. The fourth-order valence-electron chi connectivity index (χ4n) is 3.97. The molecule has 0 radical (unpaired) electrons. The minimum absolute atomic E-state index is 0.0828. The summed E-state index contributed by atoms with van der Waals surface area (Å²) < 4.78 is 37.4. The largest absolute Gasteiger partial charge is 0.462 e. The second-order valence-electron chi connectivity index (χ2n) is 9.60. The molecule has 10 nitrogen and oxygen atoms in total. The molecular formula is C28H33N3O7S2. The van der Waals surface area contributed by atoms with Crippen LogP contribution in [0.5, 0.6) is 0 Å². The first-order chi connectivity index (χ1) is 19.2. The third-order valence-electron chi connectivity index (χ3n) is 6.33. The van der Waals surface area contributed by atoms with Crippen molar-refractivity contribution in [3.8, 4) is 11.1 Å². The van der Waals surface area contributed by atoms with E-state index in [4.69, 9.17) is 9.47 Å². The monoisotopic (exact) mass is 587 g/mol. The van der Waals surface area contributed by atoms with Gasteiger partial charge < -0.3 is 20.1 Å². The predicted octanol–water partition coefficient (Wildman–Crippen LogP) is 3.42. The van der Waals surface area contributed by atoms with Crippen molar-refractivity contribution < 1.29 is 32.3 Å². The maximum Gasteiger partial charge on any atom is 0.338 e. The van der Waals surface area contributed by atoms with Crippen LogP contribution in [0.25, 0.3) is 21.3 Å². The number of benzene rings is 2. The van der Waals surface area contributed by atoms with Gasteiger partial charge in [-0.15, -0.1) is 11.3 Å². The third-order valence-corrected chi connectivity index (χ3v) is 9.47. The van der Waals surface area contributed by atoms with E-state index in [2.05, 4.69) is 15.6 Å². The summed E-state index contributed by atoms with van der Waals surface area (Å²) in [7, 11) is -2.62. The van der Waals surface area contributed by atoms with E-state index in [1.165, 1.54) is 7.11 Å². The molecule has 0 bridgehead atoms. The highest BCUT2D eigenvalue weighted by atomic mass is 32.2. The summed E-state index contributed by atoms with van der Waals surface area (Å²) in [5.41, 5.74) is 2.48. The van der Waals surface area contributed by atoms with Crippen LogP contribution in [0.15, 0.2) is 42.5 Å². The van der Waals surface area contributed by atoms with Gasteiger partial charge in [0.15, 0.2) is 15.1 Å². The molecule has 1 aromatic heterocycles. The van der Waals surface area contributed by atoms with Crippen molar-refractivity contribution in [3.63, 3.8) is 0 Å². The number of unbranched alkanes of at least 4 members (excludes halogenated alkanes) is 1. The number of aromatic nitrogens is 1. The van der Waals surface area contributed by atoms with Gasteiger partial charge in [0.25, 0.3) is 0 Å². The van der Waals surface area contributed by atoms with Crippen LogP contribution in [0.2, 0.25) is 0 Å². The van der Waals surface area contributed by atoms with Crippen LogP contribution in [-0.2, 0) is 28.9 Å². The average molecular weight is 588 g/mol. The molecule has 40 heavy (non-hydrogen) atoms. The number of nitrogens with zero attached hydrogens (tertiary/aromatic N) is 1. The number of thiazole rings is 1. The van der Waals surface area contributed by atoms with E-state index < -0.39 is 27.0 Å². The highest BCUT2D eigenvalue weighted by Gasteiger charge is 2.37. The highest BCUT2D eigenvalue weighted by molar-refractivity contribution is 7.92. The Labute approximate surface area is 237 Å². The van der Waals surface area contributed by atoms with Crippen LogP contribution in [0.1, 0.15) is 53.2 Å². The molecule has 1 aliphatic rings. The molecule has 1 aliphatic carbocycles. The number of amides is 2. The summed E-state index contributed by atoms with van der Waals surface area (Å²) in [6.45, 7) is 1.98. The second-order valence-corrected chi connectivity index (χ2v) is 12.9. The Bertz CT molecular complexity index is 1480. The molecule has 2 N–H and O–H groups in total. The number of carbonyl (C=O) groups is 3. The van der Waals surface area contributed by atoms with E-state index >= 15 is 0 Å². The van der Waals surface area contributed by atoms with Gasteiger partial charge in [-0.05, 0) is 54.7 Å². The molecule has 0 spiro atoms. The van der Waals surface area contributed by atoms with Gasteiger partial charge in [0, 0.05) is 13.2 Å². The first-order valence-corrected chi connectivity index (χ1v) is 15.7. The topological polar surface area (TPSA) is 141 Å². The van der Waals surface area contributed by atoms with Gasteiger partial charge in [-0.25, -0.2) is 18.2 Å². The van der Waals surface area contributed by atoms with Crippen molar-refractivity contribution >= 4 is 49.2 Å². The molecule has 2 aromatic carbocycles. The van der Waals surface area contributed by atoms with E-state index in [1.807, 2.05) is 19.1 Å². The Balaban J connectivity index is 1.59. The third kappa shape index (κ3) is 7.64. The van der Waals surface area contributed by atoms with Crippen molar-refractivity contribution in [2.24, 2.45) is 0 Å². The molecule has 1 heterocycles.